The lowest BCUT2D eigenvalue weighted by molar-refractivity contribution is 0.250. The van der Waals surface area contributed by atoms with Gasteiger partial charge in [-0.1, -0.05) is 26.7 Å². The molecular formula is C12H27NO. The molecule has 0 amide bonds. The summed E-state index contributed by atoms with van der Waals surface area (Å²) in [7, 11) is 2.21. The summed E-state index contributed by atoms with van der Waals surface area (Å²) in [6, 6.07) is 0. The standard InChI is InChI=1S/C12H27NO/c1-4-12(5-2)11-13(3)9-7-6-8-10-14/h12,14H,4-11H2,1-3H3. The zero-order chi connectivity index (χ0) is 10.8. The van der Waals surface area contributed by atoms with Crippen LogP contribution in [0.25, 0.3) is 0 Å². The molecule has 0 bridgehead atoms. The average Bonchev–Trinajstić information content (AvgIpc) is 2.21. The number of hydrogen-bond donors (Lipinski definition) is 1. The van der Waals surface area contributed by atoms with Crippen LogP contribution in [0.1, 0.15) is 46.0 Å². The van der Waals surface area contributed by atoms with E-state index in [4.69, 9.17) is 5.11 Å². The highest BCUT2D eigenvalue weighted by Gasteiger charge is 2.06. The van der Waals surface area contributed by atoms with Crippen molar-refractivity contribution >= 4 is 0 Å². The van der Waals surface area contributed by atoms with Crippen LogP contribution >= 0.6 is 0 Å². The Morgan fingerprint density at radius 1 is 1.07 bits per heavy atom. The van der Waals surface area contributed by atoms with Gasteiger partial charge in [0.2, 0.25) is 0 Å². The second-order valence-corrected chi connectivity index (χ2v) is 4.23. The van der Waals surface area contributed by atoms with Crippen molar-refractivity contribution in [2.24, 2.45) is 5.92 Å². The Morgan fingerprint density at radius 2 is 1.71 bits per heavy atom. The van der Waals surface area contributed by atoms with Crippen molar-refractivity contribution in [3.8, 4) is 0 Å². The molecule has 0 aliphatic heterocycles. The number of rotatable bonds is 9. The Bertz CT molecular complexity index is 113. The van der Waals surface area contributed by atoms with E-state index in [-0.39, 0.29) is 0 Å². The lowest BCUT2D eigenvalue weighted by Gasteiger charge is -2.22. The Hall–Kier alpha value is -0.0800. The van der Waals surface area contributed by atoms with Crippen molar-refractivity contribution in [1.82, 2.24) is 4.90 Å². The van der Waals surface area contributed by atoms with Gasteiger partial charge in [-0.25, -0.2) is 0 Å². The second-order valence-electron chi connectivity index (χ2n) is 4.23. The molecule has 0 atom stereocenters. The molecule has 0 heterocycles. The molecule has 0 rings (SSSR count). The van der Waals surface area contributed by atoms with E-state index in [1.807, 2.05) is 0 Å². The van der Waals surface area contributed by atoms with Crippen LogP contribution in [0.3, 0.4) is 0 Å². The number of aliphatic hydroxyl groups excluding tert-OH is 1. The molecule has 86 valence electrons. The number of aliphatic hydroxyl groups is 1. The van der Waals surface area contributed by atoms with Gasteiger partial charge in [0.25, 0.3) is 0 Å². The van der Waals surface area contributed by atoms with Crippen LogP contribution in [-0.4, -0.2) is 36.8 Å². The van der Waals surface area contributed by atoms with Gasteiger partial charge in [0, 0.05) is 13.2 Å². The van der Waals surface area contributed by atoms with E-state index in [0.717, 1.165) is 18.8 Å². The summed E-state index contributed by atoms with van der Waals surface area (Å²) in [6.07, 6.45) is 5.91. The van der Waals surface area contributed by atoms with Crippen LogP contribution in [0.15, 0.2) is 0 Å². The third-order valence-electron chi connectivity index (χ3n) is 2.92. The van der Waals surface area contributed by atoms with E-state index in [2.05, 4.69) is 25.8 Å². The van der Waals surface area contributed by atoms with Gasteiger partial charge in [0.15, 0.2) is 0 Å². The molecule has 0 saturated heterocycles. The zero-order valence-electron chi connectivity index (χ0n) is 10.1. The minimum Gasteiger partial charge on any atom is -0.396 e. The molecule has 2 heteroatoms. The molecule has 0 radical (unpaired) electrons. The van der Waals surface area contributed by atoms with Crippen LogP contribution in [0.5, 0.6) is 0 Å². The van der Waals surface area contributed by atoms with Crippen molar-refractivity contribution in [1.29, 1.82) is 0 Å². The van der Waals surface area contributed by atoms with Gasteiger partial charge in [0.1, 0.15) is 0 Å². The van der Waals surface area contributed by atoms with Crippen molar-refractivity contribution in [3.05, 3.63) is 0 Å². The summed E-state index contributed by atoms with van der Waals surface area (Å²) in [4.78, 5) is 2.43. The normalized spacial score (nSPS) is 11.6. The molecule has 0 aliphatic carbocycles. The SMILES string of the molecule is CCC(CC)CN(C)CCCCCO. The Morgan fingerprint density at radius 3 is 2.21 bits per heavy atom. The maximum absolute atomic E-state index is 8.64. The molecule has 0 unspecified atom stereocenters. The zero-order valence-corrected chi connectivity index (χ0v) is 10.1. The Kier molecular flexibility index (Phi) is 9.42. The smallest absolute Gasteiger partial charge is 0.0431 e. The molecule has 0 spiro atoms. The summed E-state index contributed by atoms with van der Waals surface area (Å²) >= 11 is 0. The molecular weight excluding hydrogens is 174 g/mol. The summed E-state index contributed by atoms with van der Waals surface area (Å²) in [5.41, 5.74) is 0. The maximum Gasteiger partial charge on any atom is 0.0431 e. The van der Waals surface area contributed by atoms with Crippen molar-refractivity contribution in [2.75, 3.05) is 26.7 Å². The molecule has 0 aliphatic rings. The molecule has 0 saturated carbocycles. The molecule has 1 N–H and O–H groups in total. The van der Waals surface area contributed by atoms with Crippen LogP contribution in [0.2, 0.25) is 0 Å². The van der Waals surface area contributed by atoms with E-state index in [1.165, 1.54) is 32.4 Å². The van der Waals surface area contributed by atoms with E-state index in [1.54, 1.807) is 0 Å². The highest BCUT2D eigenvalue weighted by molar-refractivity contribution is 4.60. The molecule has 0 aromatic heterocycles. The Labute approximate surface area is 89.3 Å². The summed E-state index contributed by atoms with van der Waals surface area (Å²) < 4.78 is 0. The predicted molar refractivity (Wildman–Crippen MR) is 62.5 cm³/mol. The summed E-state index contributed by atoms with van der Waals surface area (Å²) in [6.45, 7) is 7.29. The van der Waals surface area contributed by atoms with Gasteiger partial charge < -0.3 is 10.0 Å². The van der Waals surface area contributed by atoms with E-state index in [9.17, 15) is 0 Å². The van der Waals surface area contributed by atoms with Crippen molar-refractivity contribution in [3.63, 3.8) is 0 Å². The van der Waals surface area contributed by atoms with Gasteiger partial charge in [-0.15, -0.1) is 0 Å². The highest BCUT2D eigenvalue weighted by atomic mass is 16.2. The summed E-state index contributed by atoms with van der Waals surface area (Å²) in [5.74, 6) is 0.859. The third-order valence-corrected chi connectivity index (χ3v) is 2.92. The van der Waals surface area contributed by atoms with E-state index >= 15 is 0 Å². The van der Waals surface area contributed by atoms with Crippen LogP contribution < -0.4 is 0 Å². The van der Waals surface area contributed by atoms with Gasteiger partial charge in [0.05, 0.1) is 0 Å². The second kappa shape index (κ2) is 9.47. The van der Waals surface area contributed by atoms with Crippen LogP contribution in [0, 0.1) is 5.92 Å². The maximum atomic E-state index is 8.64. The largest absolute Gasteiger partial charge is 0.396 e. The predicted octanol–water partition coefficient (Wildman–Crippen LogP) is 2.52. The number of unbranched alkanes of at least 4 members (excludes halogenated alkanes) is 2. The molecule has 0 aromatic rings. The van der Waals surface area contributed by atoms with Crippen LogP contribution in [0.4, 0.5) is 0 Å². The average molecular weight is 201 g/mol. The molecule has 14 heavy (non-hydrogen) atoms. The first-order valence-corrected chi connectivity index (χ1v) is 6.03. The lowest BCUT2D eigenvalue weighted by Crippen LogP contribution is -2.26. The fourth-order valence-electron chi connectivity index (χ4n) is 1.75. The number of nitrogens with zero attached hydrogens (tertiary/aromatic N) is 1. The van der Waals surface area contributed by atoms with E-state index in [0.29, 0.717) is 6.61 Å². The van der Waals surface area contributed by atoms with E-state index < -0.39 is 0 Å². The minimum atomic E-state index is 0.344. The molecule has 2 nitrogen and oxygen atoms in total. The fourth-order valence-corrected chi connectivity index (χ4v) is 1.75. The van der Waals surface area contributed by atoms with Gasteiger partial charge >= 0.3 is 0 Å². The molecule has 0 fully saturated rings. The number of hydrogen-bond acceptors (Lipinski definition) is 2. The minimum absolute atomic E-state index is 0.344. The first kappa shape index (κ1) is 13.9. The quantitative estimate of drug-likeness (QED) is 0.579. The first-order chi connectivity index (χ1) is 6.74. The molecule has 0 aromatic carbocycles. The van der Waals surface area contributed by atoms with Gasteiger partial charge in [-0.3, -0.25) is 0 Å². The fraction of sp³-hybridized carbons (Fsp3) is 1.00. The van der Waals surface area contributed by atoms with Crippen LogP contribution in [-0.2, 0) is 0 Å². The third kappa shape index (κ3) is 7.34. The Balaban J connectivity index is 3.38. The van der Waals surface area contributed by atoms with Gasteiger partial charge in [-0.05, 0) is 38.8 Å². The summed E-state index contributed by atoms with van der Waals surface area (Å²) in [5, 5.41) is 8.64. The highest BCUT2D eigenvalue weighted by Crippen LogP contribution is 2.09. The lowest BCUT2D eigenvalue weighted by atomic mass is 10.0. The van der Waals surface area contributed by atoms with Crippen molar-refractivity contribution < 1.29 is 5.11 Å². The first-order valence-electron chi connectivity index (χ1n) is 6.03. The van der Waals surface area contributed by atoms with Gasteiger partial charge in [-0.2, -0.15) is 0 Å². The topological polar surface area (TPSA) is 23.5 Å². The van der Waals surface area contributed by atoms with Crippen molar-refractivity contribution in [2.45, 2.75) is 46.0 Å². The monoisotopic (exact) mass is 201 g/mol.